The van der Waals surface area contributed by atoms with Crippen LogP contribution < -0.4 is 5.48 Å². The predicted molar refractivity (Wildman–Crippen MR) is 115 cm³/mol. The van der Waals surface area contributed by atoms with Gasteiger partial charge in [-0.3, -0.25) is 15.0 Å². The molecule has 2 N–H and O–H groups in total. The molecule has 3 aromatic rings. The van der Waals surface area contributed by atoms with E-state index in [1.54, 1.807) is 24.5 Å². The van der Waals surface area contributed by atoms with Gasteiger partial charge in [-0.15, -0.1) is 0 Å². The summed E-state index contributed by atoms with van der Waals surface area (Å²) in [6.45, 7) is 0.267. The first-order valence-corrected chi connectivity index (χ1v) is 11.3. The monoisotopic (exact) mass is 438 g/mol. The molecule has 31 heavy (non-hydrogen) atoms. The molecule has 4 rings (SSSR count). The predicted octanol–water partition coefficient (Wildman–Crippen LogP) is 3.24. The van der Waals surface area contributed by atoms with Crippen molar-refractivity contribution < 1.29 is 23.2 Å². The van der Waals surface area contributed by atoms with E-state index in [2.05, 4.69) is 4.98 Å². The van der Waals surface area contributed by atoms with Crippen molar-refractivity contribution in [3.63, 3.8) is 0 Å². The van der Waals surface area contributed by atoms with Crippen LogP contribution in [0, 0.1) is 0 Å². The fourth-order valence-electron chi connectivity index (χ4n) is 3.87. The second kappa shape index (κ2) is 8.58. The number of sulfone groups is 1. The average Bonchev–Trinajstić information content (AvgIpc) is 2.84. The summed E-state index contributed by atoms with van der Waals surface area (Å²) < 4.78 is 30.1. The van der Waals surface area contributed by atoms with Gasteiger partial charge in [-0.2, -0.15) is 0 Å². The molecule has 0 bridgehead atoms. The molecule has 1 aliphatic rings. The molecular weight excluding hydrogens is 416 g/mol. The van der Waals surface area contributed by atoms with Crippen molar-refractivity contribution in [3.8, 4) is 22.3 Å². The van der Waals surface area contributed by atoms with Gasteiger partial charge >= 0.3 is 0 Å². The quantitative estimate of drug-likeness (QED) is 0.468. The number of hydrogen-bond acceptors (Lipinski definition) is 6. The van der Waals surface area contributed by atoms with Crippen molar-refractivity contribution in [2.45, 2.75) is 22.5 Å². The lowest BCUT2D eigenvalue weighted by atomic mass is 9.98. The Kier molecular flexibility index (Phi) is 5.86. The summed E-state index contributed by atoms with van der Waals surface area (Å²) in [5.41, 5.74) is 5.44. The molecule has 1 aromatic heterocycles. The zero-order valence-electron chi connectivity index (χ0n) is 16.7. The Labute approximate surface area is 180 Å². The highest BCUT2D eigenvalue weighted by molar-refractivity contribution is 7.93. The highest BCUT2D eigenvalue weighted by Crippen LogP contribution is 2.36. The maximum Gasteiger partial charge on any atom is 0.265 e. The molecule has 160 valence electrons. The lowest BCUT2D eigenvalue weighted by Crippen LogP contribution is -2.54. The van der Waals surface area contributed by atoms with Crippen LogP contribution in [0.2, 0.25) is 0 Å². The summed E-state index contributed by atoms with van der Waals surface area (Å²) in [4.78, 5) is 16.4. The number of pyridine rings is 1. The van der Waals surface area contributed by atoms with Crippen LogP contribution in [0.3, 0.4) is 0 Å². The van der Waals surface area contributed by atoms with Crippen LogP contribution >= 0.6 is 0 Å². The van der Waals surface area contributed by atoms with E-state index in [0.29, 0.717) is 0 Å². The molecular formula is C23H22N2O5S. The summed E-state index contributed by atoms with van der Waals surface area (Å²) in [6.07, 6.45) is 3.45. The zero-order chi connectivity index (χ0) is 21.9. The minimum Gasteiger partial charge on any atom is -0.381 e. The van der Waals surface area contributed by atoms with Gasteiger partial charge in [-0.1, -0.05) is 36.4 Å². The second-order valence-electron chi connectivity index (χ2n) is 7.39. The fourth-order valence-corrected chi connectivity index (χ4v) is 5.81. The van der Waals surface area contributed by atoms with E-state index in [1.807, 2.05) is 36.4 Å². The number of nitrogens with zero attached hydrogens (tertiary/aromatic N) is 1. The van der Waals surface area contributed by atoms with E-state index < -0.39 is 20.5 Å². The molecule has 1 fully saturated rings. The Morgan fingerprint density at radius 3 is 1.77 bits per heavy atom. The molecule has 0 spiro atoms. The van der Waals surface area contributed by atoms with E-state index in [4.69, 9.17) is 9.94 Å². The average molecular weight is 439 g/mol. The summed E-state index contributed by atoms with van der Waals surface area (Å²) in [5.74, 6) is -0.924. The van der Waals surface area contributed by atoms with Gasteiger partial charge in [0.05, 0.1) is 4.90 Å². The molecule has 1 saturated heterocycles. The first-order chi connectivity index (χ1) is 15.0. The van der Waals surface area contributed by atoms with Crippen LogP contribution in [0.25, 0.3) is 22.3 Å². The molecule has 2 heterocycles. The summed E-state index contributed by atoms with van der Waals surface area (Å²) in [6, 6.07) is 18.3. The van der Waals surface area contributed by atoms with E-state index in [-0.39, 0.29) is 31.0 Å². The van der Waals surface area contributed by atoms with E-state index in [0.717, 1.165) is 22.3 Å². The minimum absolute atomic E-state index is 0.0139. The Balaban J connectivity index is 1.62. The van der Waals surface area contributed by atoms with Crippen LogP contribution in [-0.2, 0) is 19.4 Å². The third kappa shape index (κ3) is 3.85. The number of hydroxylamine groups is 1. The normalized spacial score (nSPS) is 15.9. The molecule has 0 aliphatic carbocycles. The van der Waals surface area contributed by atoms with Gasteiger partial charge in [0.2, 0.25) is 0 Å². The number of ether oxygens (including phenoxy) is 1. The van der Waals surface area contributed by atoms with Gasteiger partial charge in [0, 0.05) is 25.6 Å². The first kappa shape index (κ1) is 21.2. The van der Waals surface area contributed by atoms with E-state index in [9.17, 15) is 13.2 Å². The van der Waals surface area contributed by atoms with Crippen LogP contribution in [-0.4, -0.2) is 42.5 Å². The van der Waals surface area contributed by atoms with Crippen molar-refractivity contribution in [1.82, 2.24) is 10.5 Å². The second-order valence-corrected chi connectivity index (χ2v) is 9.65. The number of carbonyl (C=O) groups excluding carboxylic acids is 1. The van der Waals surface area contributed by atoms with Gasteiger partial charge in [0.25, 0.3) is 5.91 Å². The van der Waals surface area contributed by atoms with Gasteiger partial charge in [0.15, 0.2) is 14.6 Å². The number of nitrogens with one attached hydrogen (secondary N) is 1. The van der Waals surface area contributed by atoms with Crippen molar-refractivity contribution in [2.24, 2.45) is 0 Å². The van der Waals surface area contributed by atoms with Gasteiger partial charge < -0.3 is 4.74 Å². The Hall–Kier alpha value is -3.07. The molecule has 7 nitrogen and oxygen atoms in total. The van der Waals surface area contributed by atoms with E-state index in [1.165, 1.54) is 17.6 Å². The number of carbonyl (C=O) groups is 1. The Morgan fingerprint density at radius 2 is 1.29 bits per heavy atom. The van der Waals surface area contributed by atoms with E-state index >= 15 is 0 Å². The molecule has 2 aromatic carbocycles. The van der Waals surface area contributed by atoms with Crippen molar-refractivity contribution in [2.75, 3.05) is 13.2 Å². The molecule has 0 atom stereocenters. The molecule has 1 amide bonds. The first-order valence-electron chi connectivity index (χ1n) is 9.86. The lowest BCUT2D eigenvalue weighted by Gasteiger charge is -2.34. The van der Waals surface area contributed by atoms with Gasteiger partial charge in [-0.25, -0.2) is 13.9 Å². The van der Waals surface area contributed by atoms with Crippen LogP contribution in [0.5, 0.6) is 0 Å². The smallest absolute Gasteiger partial charge is 0.265 e. The van der Waals surface area contributed by atoms with Crippen LogP contribution in [0.4, 0.5) is 0 Å². The van der Waals surface area contributed by atoms with Crippen molar-refractivity contribution in [3.05, 3.63) is 73.1 Å². The topological polar surface area (TPSA) is 106 Å². The number of aromatic nitrogens is 1. The molecule has 0 unspecified atom stereocenters. The maximum absolute atomic E-state index is 13.3. The van der Waals surface area contributed by atoms with Gasteiger partial charge in [-0.05, 0) is 59.4 Å². The molecule has 0 radical (unpaired) electrons. The minimum atomic E-state index is -4.03. The number of rotatable bonds is 5. The maximum atomic E-state index is 13.3. The largest absolute Gasteiger partial charge is 0.381 e. The molecule has 0 saturated carbocycles. The van der Waals surface area contributed by atoms with Crippen molar-refractivity contribution in [1.29, 1.82) is 0 Å². The highest BCUT2D eigenvalue weighted by atomic mass is 32.2. The summed E-state index contributed by atoms with van der Waals surface area (Å²) in [7, 11) is -4.03. The van der Waals surface area contributed by atoms with Crippen LogP contribution in [0.1, 0.15) is 12.8 Å². The molecule has 1 aliphatic heterocycles. The summed E-state index contributed by atoms with van der Waals surface area (Å²) >= 11 is 0. The SMILES string of the molecule is O=C(NO)C1(S(=O)(=O)c2ccc(-c3ccc(-c4ccncc4)cc3)cc2)CCOCC1. The number of amides is 1. The van der Waals surface area contributed by atoms with Gasteiger partial charge in [0.1, 0.15) is 0 Å². The standard InChI is InChI=1S/C23H22N2O5S/c26-22(25-27)23(11-15-30-16-12-23)31(28,29)21-7-5-19(6-8-21)17-1-3-18(4-2-17)20-9-13-24-14-10-20/h1-10,13-14,27H,11-12,15-16H2,(H,25,26). The third-order valence-electron chi connectivity index (χ3n) is 5.73. The Bertz CT molecular complexity index is 1150. The zero-order valence-corrected chi connectivity index (χ0v) is 17.5. The third-order valence-corrected chi connectivity index (χ3v) is 8.24. The molecule has 8 heteroatoms. The number of benzene rings is 2. The summed E-state index contributed by atoms with van der Waals surface area (Å²) in [5, 5.41) is 9.15. The lowest BCUT2D eigenvalue weighted by molar-refractivity contribution is -0.134. The highest BCUT2D eigenvalue weighted by Gasteiger charge is 2.52. The van der Waals surface area contributed by atoms with Crippen LogP contribution in [0.15, 0.2) is 78.0 Å². The van der Waals surface area contributed by atoms with Crippen molar-refractivity contribution >= 4 is 15.7 Å². The Morgan fingerprint density at radius 1 is 0.839 bits per heavy atom. The fraction of sp³-hybridized carbons (Fsp3) is 0.217. The number of hydrogen-bond donors (Lipinski definition) is 2.